The zero-order valence-corrected chi connectivity index (χ0v) is 18.7. The molecule has 0 spiro atoms. The number of allylic oxidation sites excluding steroid dienone is 4. The zero-order valence-electron chi connectivity index (χ0n) is 17.0. The van der Waals surface area contributed by atoms with E-state index in [1.807, 2.05) is 24.3 Å². The zero-order chi connectivity index (χ0) is 22.6. The Kier molecular flexibility index (Phi) is 9.80. The highest BCUT2D eigenvalue weighted by Gasteiger charge is 2.02. The van der Waals surface area contributed by atoms with Gasteiger partial charge >= 0.3 is 0 Å². The molecule has 0 heterocycles. The monoisotopic (exact) mass is 458 g/mol. The van der Waals surface area contributed by atoms with Crippen LogP contribution in [-0.2, 0) is 13.1 Å². The van der Waals surface area contributed by atoms with Gasteiger partial charge in [0.1, 0.15) is 5.82 Å². The maximum Gasteiger partial charge on any atom is 0.171 e. The topological polar surface area (TPSA) is 48.1 Å². The van der Waals surface area contributed by atoms with Crippen molar-refractivity contribution in [1.29, 1.82) is 0 Å². The number of nitrogens with one attached hydrogen (secondary N) is 4. The SMILES string of the molecule is C=CC(=CC=C(C)F)NC(=S)NCc1cccc(CNC(=S)Nc2ccc(F)cc2)c1. The van der Waals surface area contributed by atoms with Crippen LogP contribution in [0.4, 0.5) is 14.5 Å². The summed E-state index contributed by atoms with van der Waals surface area (Å²) in [5.74, 6) is -0.606. The van der Waals surface area contributed by atoms with Crippen molar-refractivity contribution < 1.29 is 8.78 Å². The Morgan fingerprint density at radius 1 is 0.968 bits per heavy atom. The van der Waals surface area contributed by atoms with Crippen molar-refractivity contribution in [3.8, 4) is 0 Å². The van der Waals surface area contributed by atoms with Gasteiger partial charge in [-0.05, 0) is 85.0 Å². The molecule has 31 heavy (non-hydrogen) atoms. The molecule has 0 unspecified atom stereocenters. The summed E-state index contributed by atoms with van der Waals surface area (Å²) in [5.41, 5.74) is 3.37. The molecule has 0 bridgehead atoms. The normalized spacial score (nSPS) is 11.5. The Hall–Kier alpha value is -3.10. The molecule has 0 aliphatic heterocycles. The van der Waals surface area contributed by atoms with Crippen LogP contribution in [0.3, 0.4) is 0 Å². The summed E-state index contributed by atoms with van der Waals surface area (Å²) >= 11 is 10.6. The van der Waals surface area contributed by atoms with Gasteiger partial charge < -0.3 is 21.3 Å². The Balaban J connectivity index is 1.83. The summed E-state index contributed by atoms with van der Waals surface area (Å²) in [5, 5.41) is 13.1. The second-order valence-electron chi connectivity index (χ2n) is 6.52. The van der Waals surface area contributed by atoms with Gasteiger partial charge in [-0.3, -0.25) is 0 Å². The largest absolute Gasteiger partial charge is 0.358 e. The molecule has 0 radical (unpaired) electrons. The van der Waals surface area contributed by atoms with Crippen LogP contribution in [-0.4, -0.2) is 10.2 Å². The minimum absolute atomic E-state index is 0.298. The van der Waals surface area contributed by atoms with E-state index >= 15 is 0 Å². The molecule has 0 aromatic heterocycles. The number of thiocarbonyl (C=S) groups is 2. The predicted molar refractivity (Wildman–Crippen MR) is 132 cm³/mol. The Morgan fingerprint density at radius 2 is 1.58 bits per heavy atom. The lowest BCUT2D eigenvalue weighted by Gasteiger charge is -2.13. The summed E-state index contributed by atoms with van der Waals surface area (Å²) in [7, 11) is 0. The molecule has 4 nitrogen and oxygen atoms in total. The van der Waals surface area contributed by atoms with Crippen LogP contribution in [0.1, 0.15) is 18.1 Å². The van der Waals surface area contributed by atoms with Gasteiger partial charge in [-0.2, -0.15) is 0 Å². The van der Waals surface area contributed by atoms with Crippen molar-refractivity contribution in [2.45, 2.75) is 20.0 Å². The molecule has 162 valence electrons. The Labute approximate surface area is 192 Å². The molecule has 0 fully saturated rings. The third kappa shape index (κ3) is 9.50. The van der Waals surface area contributed by atoms with Crippen LogP contribution >= 0.6 is 24.4 Å². The molecule has 0 saturated heterocycles. The van der Waals surface area contributed by atoms with Gasteiger partial charge in [0, 0.05) is 24.5 Å². The van der Waals surface area contributed by atoms with E-state index in [0.29, 0.717) is 34.7 Å². The highest BCUT2D eigenvalue weighted by molar-refractivity contribution is 7.80. The third-order valence-corrected chi connectivity index (χ3v) is 4.46. The quantitative estimate of drug-likeness (QED) is 0.321. The summed E-state index contributed by atoms with van der Waals surface area (Å²) in [6.45, 7) is 6.08. The van der Waals surface area contributed by atoms with Crippen molar-refractivity contribution in [2.75, 3.05) is 5.32 Å². The molecule has 2 aromatic rings. The average Bonchev–Trinajstić information content (AvgIpc) is 2.75. The van der Waals surface area contributed by atoms with E-state index in [0.717, 1.165) is 11.1 Å². The van der Waals surface area contributed by atoms with E-state index in [1.165, 1.54) is 25.1 Å². The predicted octanol–water partition coefficient (Wildman–Crippen LogP) is 5.22. The first-order chi connectivity index (χ1) is 14.9. The maximum absolute atomic E-state index is 13.0. The molecule has 0 saturated carbocycles. The van der Waals surface area contributed by atoms with Gasteiger partial charge in [0.15, 0.2) is 10.2 Å². The standard InChI is InChI=1S/C23H24F2N4S2/c1-3-20(10-7-16(2)24)28-22(30)26-14-17-5-4-6-18(13-17)15-27-23(31)29-21-11-8-19(25)9-12-21/h3-13H,1,14-15H2,2H3,(H2,26,28,30)(H2,27,29,31). The fraction of sp³-hybridized carbons (Fsp3) is 0.130. The van der Waals surface area contributed by atoms with E-state index in [9.17, 15) is 8.78 Å². The van der Waals surface area contributed by atoms with Gasteiger partial charge in [-0.15, -0.1) is 0 Å². The smallest absolute Gasteiger partial charge is 0.171 e. The van der Waals surface area contributed by atoms with Crippen molar-refractivity contribution in [2.24, 2.45) is 0 Å². The molecule has 4 N–H and O–H groups in total. The van der Waals surface area contributed by atoms with E-state index in [1.54, 1.807) is 24.3 Å². The summed E-state index contributed by atoms with van der Waals surface area (Å²) in [6, 6.07) is 13.9. The van der Waals surface area contributed by atoms with Crippen LogP contribution in [0.25, 0.3) is 0 Å². The van der Waals surface area contributed by atoms with Crippen molar-refractivity contribution in [3.05, 3.63) is 102 Å². The van der Waals surface area contributed by atoms with Gasteiger partial charge in [0.25, 0.3) is 0 Å². The maximum atomic E-state index is 13.0. The van der Waals surface area contributed by atoms with Crippen molar-refractivity contribution >= 4 is 40.3 Å². The molecule has 0 aliphatic rings. The lowest BCUT2D eigenvalue weighted by atomic mass is 10.1. The highest BCUT2D eigenvalue weighted by Crippen LogP contribution is 2.09. The minimum Gasteiger partial charge on any atom is -0.358 e. The first-order valence-electron chi connectivity index (χ1n) is 9.45. The first kappa shape index (κ1) is 24.2. The van der Waals surface area contributed by atoms with Gasteiger partial charge in [-0.1, -0.05) is 30.8 Å². The van der Waals surface area contributed by atoms with E-state index in [2.05, 4.69) is 27.8 Å². The first-order valence-corrected chi connectivity index (χ1v) is 10.3. The van der Waals surface area contributed by atoms with Crippen molar-refractivity contribution in [3.63, 3.8) is 0 Å². The number of hydrogen-bond acceptors (Lipinski definition) is 2. The summed E-state index contributed by atoms with van der Waals surface area (Å²) in [4.78, 5) is 0. The summed E-state index contributed by atoms with van der Waals surface area (Å²) < 4.78 is 25.8. The van der Waals surface area contributed by atoms with E-state index in [-0.39, 0.29) is 11.6 Å². The molecule has 0 atom stereocenters. The lowest BCUT2D eigenvalue weighted by Crippen LogP contribution is -2.33. The number of rotatable bonds is 8. The number of halogens is 2. The number of anilines is 1. The average molecular weight is 459 g/mol. The van der Waals surface area contributed by atoms with Crippen LogP contribution in [0.2, 0.25) is 0 Å². The van der Waals surface area contributed by atoms with Crippen LogP contribution in [0, 0.1) is 5.82 Å². The van der Waals surface area contributed by atoms with Crippen LogP contribution < -0.4 is 21.3 Å². The van der Waals surface area contributed by atoms with Crippen molar-refractivity contribution in [1.82, 2.24) is 16.0 Å². The second-order valence-corrected chi connectivity index (χ2v) is 7.34. The minimum atomic E-state index is -0.308. The number of benzene rings is 2. The molecule has 8 heteroatoms. The fourth-order valence-electron chi connectivity index (χ4n) is 2.46. The number of hydrogen-bond donors (Lipinski definition) is 4. The van der Waals surface area contributed by atoms with Gasteiger partial charge in [0.2, 0.25) is 0 Å². The molecular formula is C23H24F2N4S2. The molecule has 0 amide bonds. The van der Waals surface area contributed by atoms with Crippen LogP contribution in [0.15, 0.2) is 84.9 Å². The molecule has 2 rings (SSSR count). The Morgan fingerprint density at radius 3 is 2.16 bits per heavy atom. The second kappa shape index (κ2) is 12.6. The van der Waals surface area contributed by atoms with Crippen LogP contribution in [0.5, 0.6) is 0 Å². The third-order valence-electron chi connectivity index (χ3n) is 3.97. The highest BCUT2D eigenvalue weighted by atomic mass is 32.1. The fourth-order valence-corrected chi connectivity index (χ4v) is 2.84. The molecule has 2 aromatic carbocycles. The summed E-state index contributed by atoms with van der Waals surface area (Å²) in [6.07, 6.45) is 4.45. The molecule has 0 aliphatic carbocycles. The lowest BCUT2D eigenvalue weighted by molar-refractivity contribution is 0.628. The molecular weight excluding hydrogens is 434 g/mol. The van der Waals surface area contributed by atoms with Gasteiger partial charge in [0.05, 0.1) is 5.83 Å². The van der Waals surface area contributed by atoms with E-state index < -0.39 is 0 Å². The Bertz CT molecular complexity index is 981. The van der Waals surface area contributed by atoms with Gasteiger partial charge in [-0.25, -0.2) is 8.78 Å². The van der Waals surface area contributed by atoms with E-state index in [4.69, 9.17) is 24.4 Å².